The molecule has 2 unspecified atom stereocenters. The molecule has 1 saturated carbocycles. The lowest BCUT2D eigenvalue weighted by molar-refractivity contribution is -0.141. The number of fused-ring (bicyclic) bond motifs is 1. The Labute approximate surface area is 105 Å². The Morgan fingerprint density at radius 2 is 1.83 bits per heavy atom. The summed E-state index contributed by atoms with van der Waals surface area (Å²) in [5, 5.41) is 9.39. The fraction of sp³-hybridized carbons (Fsp3) is 0.429. The molecule has 4 heteroatoms. The number of phenols is 1. The zero-order valence-corrected chi connectivity index (χ0v) is 10.0. The summed E-state index contributed by atoms with van der Waals surface area (Å²) in [4.78, 5) is 25.6. The van der Waals surface area contributed by atoms with Gasteiger partial charge < -0.3 is 5.11 Å². The molecule has 0 bridgehead atoms. The van der Waals surface area contributed by atoms with Gasteiger partial charge in [-0.25, -0.2) is 0 Å². The van der Waals surface area contributed by atoms with E-state index in [1.807, 2.05) is 6.07 Å². The van der Waals surface area contributed by atoms with Crippen LogP contribution in [-0.4, -0.2) is 21.8 Å². The number of likely N-dealkylation sites (tertiary alicyclic amines) is 1. The Morgan fingerprint density at radius 3 is 2.44 bits per heavy atom. The third-order valence-corrected chi connectivity index (χ3v) is 3.93. The number of nitrogens with zero attached hydrogens (tertiary/aromatic N) is 1. The van der Waals surface area contributed by atoms with Gasteiger partial charge in [0.2, 0.25) is 11.8 Å². The zero-order valence-electron chi connectivity index (χ0n) is 10.0. The van der Waals surface area contributed by atoms with Crippen molar-refractivity contribution in [3.8, 4) is 5.75 Å². The third-order valence-electron chi connectivity index (χ3n) is 3.93. The standard InChI is InChI=1S/C14H15NO3/c16-10-4-1-3-9(7-10)8-15-13(17)11-5-2-6-12(11)14(15)18/h1,3-4,7,11-12,16H,2,5-6,8H2. The number of phenolic OH excluding ortho intramolecular Hbond substituents is 1. The van der Waals surface area contributed by atoms with Crippen LogP contribution in [0.1, 0.15) is 24.8 Å². The molecule has 0 spiro atoms. The van der Waals surface area contributed by atoms with E-state index in [2.05, 4.69) is 0 Å². The first-order valence-electron chi connectivity index (χ1n) is 6.30. The van der Waals surface area contributed by atoms with Gasteiger partial charge >= 0.3 is 0 Å². The molecule has 1 aliphatic heterocycles. The van der Waals surface area contributed by atoms with Crippen LogP contribution in [0.15, 0.2) is 24.3 Å². The summed E-state index contributed by atoms with van der Waals surface area (Å²) in [6, 6.07) is 6.70. The molecular formula is C14H15NO3. The van der Waals surface area contributed by atoms with Crippen molar-refractivity contribution < 1.29 is 14.7 Å². The molecule has 0 aromatic heterocycles. The van der Waals surface area contributed by atoms with Crippen molar-refractivity contribution >= 4 is 11.8 Å². The van der Waals surface area contributed by atoms with Crippen LogP contribution in [0.3, 0.4) is 0 Å². The molecule has 0 radical (unpaired) electrons. The van der Waals surface area contributed by atoms with E-state index in [1.165, 1.54) is 4.90 Å². The first-order valence-corrected chi connectivity index (χ1v) is 6.30. The Bertz CT molecular complexity index is 490. The lowest BCUT2D eigenvalue weighted by Gasteiger charge is -2.15. The first-order chi connectivity index (χ1) is 8.66. The van der Waals surface area contributed by atoms with Crippen LogP contribution >= 0.6 is 0 Å². The molecule has 2 fully saturated rings. The molecule has 1 aromatic rings. The quantitative estimate of drug-likeness (QED) is 0.806. The van der Waals surface area contributed by atoms with Crippen LogP contribution in [-0.2, 0) is 16.1 Å². The Balaban J connectivity index is 1.81. The van der Waals surface area contributed by atoms with E-state index in [4.69, 9.17) is 0 Å². The smallest absolute Gasteiger partial charge is 0.233 e. The highest BCUT2D eigenvalue weighted by molar-refractivity contribution is 6.05. The van der Waals surface area contributed by atoms with E-state index in [0.29, 0.717) is 0 Å². The van der Waals surface area contributed by atoms with Crippen molar-refractivity contribution in [3.05, 3.63) is 29.8 Å². The van der Waals surface area contributed by atoms with E-state index < -0.39 is 0 Å². The second-order valence-corrected chi connectivity index (χ2v) is 5.08. The minimum Gasteiger partial charge on any atom is -0.508 e. The van der Waals surface area contributed by atoms with Crippen molar-refractivity contribution in [2.24, 2.45) is 11.8 Å². The Kier molecular flexibility index (Phi) is 2.58. The van der Waals surface area contributed by atoms with Crippen molar-refractivity contribution in [2.45, 2.75) is 25.8 Å². The Hall–Kier alpha value is -1.84. The number of carbonyl (C=O) groups excluding carboxylic acids is 2. The summed E-state index contributed by atoms with van der Waals surface area (Å²) in [5.74, 6) is -0.0897. The number of hydrogen-bond donors (Lipinski definition) is 1. The summed E-state index contributed by atoms with van der Waals surface area (Å²) in [5.41, 5.74) is 0.789. The van der Waals surface area contributed by atoms with Crippen LogP contribution in [0.2, 0.25) is 0 Å². The van der Waals surface area contributed by atoms with E-state index in [0.717, 1.165) is 24.8 Å². The number of benzene rings is 1. The molecule has 1 saturated heterocycles. The monoisotopic (exact) mass is 245 g/mol. The van der Waals surface area contributed by atoms with Gasteiger partial charge in [0.1, 0.15) is 5.75 Å². The van der Waals surface area contributed by atoms with Crippen molar-refractivity contribution in [2.75, 3.05) is 0 Å². The molecular weight excluding hydrogens is 230 g/mol. The van der Waals surface area contributed by atoms with Gasteiger partial charge in [0.15, 0.2) is 0 Å². The number of amides is 2. The largest absolute Gasteiger partial charge is 0.508 e. The number of imide groups is 1. The summed E-state index contributed by atoms with van der Waals surface area (Å²) < 4.78 is 0. The fourth-order valence-corrected chi connectivity index (χ4v) is 3.05. The average Bonchev–Trinajstić information content (AvgIpc) is 2.90. The van der Waals surface area contributed by atoms with Gasteiger partial charge in [-0.1, -0.05) is 18.6 Å². The third kappa shape index (κ3) is 1.68. The summed E-state index contributed by atoms with van der Waals surface area (Å²) in [7, 11) is 0. The molecule has 1 aliphatic carbocycles. The molecule has 94 valence electrons. The predicted molar refractivity (Wildman–Crippen MR) is 64.5 cm³/mol. The summed E-state index contributed by atoms with van der Waals surface area (Å²) in [6.07, 6.45) is 2.66. The molecule has 2 amide bonds. The Morgan fingerprint density at radius 1 is 1.17 bits per heavy atom. The minimum absolute atomic E-state index is 0.0363. The highest BCUT2D eigenvalue weighted by Crippen LogP contribution is 2.40. The highest BCUT2D eigenvalue weighted by Gasteiger charge is 2.49. The second-order valence-electron chi connectivity index (χ2n) is 5.08. The van der Waals surface area contributed by atoms with Crippen molar-refractivity contribution in [1.29, 1.82) is 0 Å². The number of carbonyl (C=O) groups is 2. The normalized spacial score (nSPS) is 26.8. The molecule has 1 heterocycles. The highest BCUT2D eigenvalue weighted by atomic mass is 16.3. The van der Waals surface area contributed by atoms with Crippen LogP contribution in [0, 0.1) is 11.8 Å². The maximum atomic E-state index is 12.1. The molecule has 2 aliphatic rings. The molecule has 1 aromatic carbocycles. The number of hydrogen-bond acceptors (Lipinski definition) is 3. The fourth-order valence-electron chi connectivity index (χ4n) is 3.05. The summed E-state index contributed by atoms with van der Waals surface area (Å²) in [6.45, 7) is 0.277. The van der Waals surface area contributed by atoms with Crippen LogP contribution in [0.25, 0.3) is 0 Å². The average molecular weight is 245 g/mol. The van der Waals surface area contributed by atoms with Gasteiger partial charge in [0.05, 0.1) is 18.4 Å². The zero-order chi connectivity index (χ0) is 12.7. The van der Waals surface area contributed by atoms with Gasteiger partial charge in [-0.2, -0.15) is 0 Å². The lowest BCUT2D eigenvalue weighted by Crippen LogP contribution is -2.31. The van der Waals surface area contributed by atoms with Crippen LogP contribution in [0.4, 0.5) is 0 Å². The SMILES string of the molecule is O=C1C2CCCC2C(=O)N1Cc1cccc(O)c1. The van der Waals surface area contributed by atoms with Gasteiger partial charge in [-0.05, 0) is 30.5 Å². The minimum atomic E-state index is -0.0881. The van der Waals surface area contributed by atoms with Crippen molar-refractivity contribution in [1.82, 2.24) is 4.90 Å². The maximum absolute atomic E-state index is 12.1. The van der Waals surface area contributed by atoms with E-state index >= 15 is 0 Å². The number of rotatable bonds is 2. The number of aromatic hydroxyl groups is 1. The lowest BCUT2D eigenvalue weighted by atomic mass is 10.00. The summed E-state index contributed by atoms with van der Waals surface area (Å²) >= 11 is 0. The van der Waals surface area contributed by atoms with Gasteiger partial charge in [-0.15, -0.1) is 0 Å². The first kappa shape index (κ1) is 11.3. The van der Waals surface area contributed by atoms with E-state index in [-0.39, 0.29) is 35.9 Å². The van der Waals surface area contributed by atoms with Gasteiger partial charge in [0.25, 0.3) is 0 Å². The van der Waals surface area contributed by atoms with Crippen LogP contribution in [0.5, 0.6) is 5.75 Å². The molecule has 18 heavy (non-hydrogen) atoms. The predicted octanol–water partition coefficient (Wildman–Crippen LogP) is 1.68. The van der Waals surface area contributed by atoms with Gasteiger partial charge in [0, 0.05) is 0 Å². The second kappa shape index (κ2) is 4.12. The van der Waals surface area contributed by atoms with Crippen LogP contribution < -0.4 is 0 Å². The molecule has 3 rings (SSSR count). The molecule has 1 N–H and O–H groups in total. The molecule has 4 nitrogen and oxygen atoms in total. The topological polar surface area (TPSA) is 57.6 Å². The van der Waals surface area contributed by atoms with E-state index in [9.17, 15) is 14.7 Å². The van der Waals surface area contributed by atoms with Gasteiger partial charge in [-0.3, -0.25) is 14.5 Å². The van der Waals surface area contributed by atoms with Crippen molar-refractivity contribution in [3.63, 3.8) is 0 Å². The molecule has 2 atom stereocenters. The van der Waals surface area contributed by atoms with E-state index in [1.54, 1.807) is 18.2 Å². The maximum Gasteiger partial charge on any atom is 0.233 e.